The summed E-state index contributed by atoms with van der Waals surface area (Å²) in [5.41, 5.74) is 2.15. The zero-order valence-corrected chi connectivity index (χ0v) is 17.7. The second-order valence-electron chi connectivity index (χ2n) is 6.69. The lowest BCUT2D eigenvalue weighted by Gasteiger charge is -2.11. The number of nitrogens with one attached hydrogen (secondary N) is 1. The largest absolute Gasteiger partial charge is 0.345 e. The Kier molecular flexibility index (Phi) is 7.03. The van der Waals surface area contributed by atoms with Crippen LogP contribution in [0, 0.1) is 0 Å². The number of anilines is 1. The molecule has 1 aromatic heterocycles. The van der Waals surface area contributed by atoms with E-state index in [1.165, 1.54) is 16.7 Å². The van der Waals surface area contributed by atoms with E-state index < -0.39 is 0 Å². The predicted molar refractivity (Wildman–Crippen MR) is 119 cm³/mol. The van der Waals surface area contributed by atoms with Gasteiger partial charge in [-0.15, -0.1) is 16.8 Å². The van der Waals surface area contributed by atoms with Crippen molar-refractivity contribution in [3.63, 3.8) is 0 Å². The van der Waals surface area contributed by atoms with Crippen LogP contribution in [0.5, 0.6) is 0 Å². The van der Waals surface area contributed by atoms with Crippen molar-refractivity contribution in [1.82, 2.24) is 19.7 Å². The number of nitrogens with zero attached hydrogens (tertiary/aromatic N) is 4. The van der Waals surface area contributed by atoms with Gasteiger partial charge < -0.3 is 10.2 Å². The molecule has 0 unspecified atom stereocenters. The van der Waals surface area contributed by atoms with Gasteiger partial charge >= 0.3 is 0 Å². The van der Waals surface area contributed by atoms with E-state index in [-0.39, 0.29) is 17.6 Å². The quantitative estimate of drug-likeness (QED) is 0.444. The minimum Gasteiger partial charge on any atom is -0.345 e. The lowest BCUT2D eigenvalue weighted by atomic mass is 10.2. The summed E-state index contributed by atoms with van der Waals surface area (Å²) in [4.78, 5) is 25.8. The fraction of sp³-hybridized carbons (Fsp3) is 0.182. The Morgan fingerprint density at radius 3 is 2.43 bits per heavy atom. The van der Waals surface area contributed by atoms with Gasteiger partial charge in [-0.3, -0.25) is 14.2 Å². The van der Waals surface area contributed by atoms with E-state index in [4.69, 9.17) is 0 Å². The summed E-state index contributed by atoms with van der Waals surface area (Å²) in [6.07, 6.45) is 1.77. The first-order valence-electron chi connectivity index (χ1n) is 9.33. The van der Waals surface area contributed by atoms with Crippen LogP contribution in [0.15, 0.2) is 72.4 Å². The SMILES string of the molecule is C=CCn1c(SCC(=O)Nc2ccc(C(=O)N(C)C)cc2)nnc1-c1ccccc1. The number of hydrogen-bond donors (Lipinski definition) is 1. The Bertz CT molecular complexity index is 1030. The third-order valence-electron chi connectivity index (χ3n) is 4.21. The number of hydrogen-bond acceptors (Lipinski definition) is 5. The Labute approximate surface area is 179 Å². The van der Waals surface area contributed by atoms with Gasteiger partial charge in [-0.05, 0) is 24.3 Å². The molecule has 0 radical (unpaired) electrons. The van der Waals surface area contributed by atoms with Gasteiger partial charge in [0.25, 0.3) is 5.91 Å². The number of amides is 2. The topological polar surface area (TPSA) is 80.1 Å². The molecule has 1 N–H and O–H groups in total. The second kappa shape index (κ2) is 9.89. The van der Waals surface area contributed by atoms with E-state index in [1.807, 2.05) is 34.9 Å². The van der Waals surface area contributed by atoms with Gasteiger partial charge in [-0.2, -0.15) is 0 Å². The highest BCUT2D eigenvalue weighted by Gasteiger charge is 2.15. The smallest absolute Gasteiger partial charge is 0.253 e. The van der Waals surface area contributed by atoms with Crippen LogP contribution in [0.1, 0.15) is 10.4 Å². The average molecular weight is 422 g/mol. The zero-order chi connectivity index (χ0) is 21.5. The maximum absolute atomic E-state index is 12.4. The van der Waals surface area contributed by atoms with Gasteiger partial charge in [0.05, 0.1) is 5.75 Å². The van der Waals surface area contributed by atoms with E-state index in [1.54, 1.807) is 44.4 Å². The van der Waals surface area contributed by atoms with E-state index in [0.29, 0.717) is 23.0 Å². The Hall–Kier alpha value is -3.39. The highest BCUT2D eigenvalue weighted by atomic mass is 32.2. The molecule has 154 valence electrons. The normalized spacial score (nSPS) is 10.5. The predicted octanol–water partition coefficient (Wildman–Crippen LogP) is 3.56. The first-order chi connectivity index (χ1) is 14.5. The highest BCUT2D eigenvalue weighted by molar-refractivity contribution is 7.99. The van der Waals surface area contributed by atoms with Gasteiger partial charge in [0.1, 0.15) is 0 Å². The second-order valence-corrected chi connectivity index (χ2v) is 7.63. The van der Waals surface area contributed by atoms with Crippen molar-refractivity contribution >= 4 is 29.3 Å². The number of thioether (sulfide) groups is 1. The number of aromatic nitrogens is 3. The van der Waals surface area contributed by atoms with Gasteiger partial charge in [0.15, 0.2) is 11.0 Å². The molecule has 0 bridgehead atoms. The monoisotopic (exact) mass is 421 g/mol. The lowest BCUT2D eigenvalue weighted by molar-refractivity contribution is -0.113. The summed E-state index contributed by atoms with van der Waals surface area (Å²) in [5.74, 6) is 0.669. The van der Waals surface area contributed by atoms with Crippen LogP contribution in [0.2, 0.25) is 0 Å². The fourth-order valence-electron chi connectivity index (χ4n) is 2.77. The summed E-state index contributed by atoms with van der Waals surface area (Å²) in [7, 11) is 3.40. The molecular weight excluding hydrogens is 398 g/mol. The zero-order valence-electron chi connectivity index (χ0n) is 16.9. The van der Waals surface area contributed by atoms with Gasteiger partial charge in [-0.1, -0.05) is 48.2 Å². The molecule has 1 heterocycles. The summed E-state index contributed by atoms with van der Waals surface area (Å²) in [6, 6.07) is 16.6. The summed E-state index contributed by atoms with van der Waals surface area (Å²) in [5, 5.41) is 12.0. The van der Waals surface area contributed by atoms with Gasteiger partial charge in [0.2, 0.25) is 5.91 Å². The Balaban J connectivity index is 1.64. The third-order valence-corrected chi connectivity index (χ3v) is 5.18. The minimum absolute atomic E-state index is 0.0841. The van der Waals surface area contributed by atoms with Crippen molar-refractivity contribution in [2.75, 3.05) is 25.2 Å². The first kappa shape index (κ1) is 21.3. The first-order valence-corrected chi connectivity index (χ1v) is 10.3. The molecule has 0 aliphatic carbocycles. The van der Waals surface area contributed by atoms with Crippen molar-refractivity contribution < 1.29 is 9.59 Å². The lowest BCUT2D eigenvalue weighted by Crippen LogP contribution is -2.21. The molecule has 0 saturated heterocycles. The maximum atomic E-state index is 12.4. The average Bonchev–Trinajstić information content (AvgIpc) is 3.16. The maximum Gasteiger partial charge on any atom is 0.253 e. The summed E-state index contributed by atoms with van der Waals surface area (Å²) in [6.45, 7) is 4.35. The van der Waals surface area contributed by atoms with Crippen LogP contribution >= 0.6 is 11.8 Å². The Morgan fingerprint density at radius 1 is 1.10 bits per heavy atom. The molecule has 7 nitrogen and oxygen atoms in total. The number of carbonyl (C=O) groups is 2. The van der Waals surface area contributed by atoms with E-state index >= 15 is 0 Å². The molecule has 30 heavy (non-hydrogen) atoms. The summed E-state index contributed by atoms with van der Waals surface area (Å²) < 4.78 is 1.93. The van der Waals surface area contributed by atoms with E-state index in [0.717, 1.165) is 11.4 Å². The van der Waals surface area contributed by atoms with Crippen LogP contribution in [0.3, 0.4) is 0 Å². The molecular formula is C22H23N5O2S. The number of allylic oxidation sites excluding steroid dienone is 1. The van der Waals surface area contributed by atoms with Crippen molar-refractivity contribution in [3.05, 3.63) is 72.8 Å². The number of benzene rings is 2. The molecule has 2 amide bonds. The number of rotatable bonds is 8. The molecule has 0 aliphatic rings. The minimum atomic E-state index is -0.166. The van der Waals surface area contributed by atoms with Crippen LogP contribution in [-0.2, 0) is 11.3 Å². The van der Waals surface area contributed by atoms with E-state index in [9.17, 15) is 9.59 Å². The van der Waals surface area contributed by atoms with Crippen LogP contribution in [-0.4, -0.2) is 51.3 Å². The van der Waals surface area contributed by atoms with Crippen LogP contribution in [0.25, 0.3) is 11.4 Å². The highest BCUT2D eigenvalue weighted by Crippen LogP contribution is 2.24. The fourth-order valence-corrected chi connectivity index (χ4v) is 3.52. The van der Waals surface area contributed by atoms with Crippen molar-refractivity contribution in [3.8, 4) is 11.4 Å². The molecule has 0 aliphatic heterocycles. The molecule has 3 rings (SSSR count). The molecule has 8 heteroatoms. The van der Waals surface area contributed by atoms with Crippen molar-refractivity contribution in [1.29, 1.82) is 0 Å². The number of carbonyl (C=O) groups excluding carboxylic acids is 2. The molecule has 0 saturated carbocycles. The van der Waals surface area contributed by atoms with Crippen molar-refractivity contribution in [2.24, 2.45) is 0 Å². The molecule has 0 spiro atoms. The van der Waals surface area contributed by atoms with Gasteiger partial charge in [0, 0.05) is 37.5 Å². The molecule has 3 aromatic rings. The molecule has 0 atom stereocenters. The van der Waals surface area contributed by atoms with Crippen molar-refractivity contribution in [2.45, 2.75) is 11.7 Å². The van der Waals surface area contributed by atoms with Gasteiger partial charge in [-0.25, -0.2) is 0 Å². The molecule has 0 fully saturated rings. The van der Waals surface area contributed by atoms with E-state index in [2.05, 4.69) is 22.1 Å². The van der Waals surface area contributed by atoms with Crippen LogP contribution < -0.4 is 5.32 Å². The third kappa shape index (κ3) is 5.15. The Morgan fingerprint density at radius 2 is 1.80 bits per heavy atom. The molecule has 2 aromatic carbocycles. The van der Waals surface area contributed by atoms with Crippen LogP contribution in [0.4, 0.5) is 5.69 Å². The summed E-state index contributed by atoms with van der Waals surface area (Å²) >= 11 is 1.31. The standard InChI is InChI=1S/C22H23N5O2S/c1-4-14-27-20(16-8-6-5-7-9-16)24-25-22(27)30-15-19(28)23-18-12-10-17(11-13-18)21(29)26(2)3/h4-13H,1,14-15H2,2-3H3,(H,23,28).